The summed E-state index contributed by atoms with van der Waals surface area (Å²) < 4.78 is 4.61. The summed E-state index contributed by atoms with van der Waals surface area (Å²) in [6.07, 6.45) is 3.65. The first-order chi connectivity index (χ1) is 6.76. The average molecular weight is 217 g/mol. The first-order valence-corrected chi connectivity index (χ1v) is 6.23. The summed E-state index contributed by atoms with van der Waals surface area (Å²) in [7, 11) is 1.44. The Hall–Kier alpha value is -0.220. The van der Waals surface area contributed by atoms with Gasteiger partial charge in [-0.2, -0.15) is 0 Å². The summed E-state index contributed by atoms with van der Waals surface area (Å²) in [4.78, 5) is 10.9. The molecule has 0 spiro atoms. The fourth-order valence-corrected chi connectivity index (χ4v) is 2.97. The third-order valence-corrected chi connectivity index (χ3v) is 3.84. The number of hydrogen-bond acceptors (Lipinski definition) is 4. The van der Waals surface area contributed by atoms with Crippen molar-refractivity contribution >= 4 is 17.7 Å². The first kappa shape index (κ1) is 11.9. The Morgan fingerprint density at radius 2 is 2.36 bits per heavy atom. The molecule has 0 aromatic rings. The number of carbonyl (C=O) groups is 1. The van der Waals surface area contributed by atoms with Crippen molar-refractivity contribution in [2.24, 2.45) is 0 Å². The number of ether oxygens (including phenoxy) is 1. The Kier molecular flexibility index (Phi) is 5.33. The lowest BCUT2D eigenvalue weighted by Crippen LogP contribution is -2.26. The monoisotopic (exact) mass is 217 g/mol. The number of hydrogen-bond donors (Lipinski definition) is 1. The van der Waals surface area contributed by atoms with Gasteiger partial charge >= 0.3 is 5.97 Å². The van der Waals surface area contributed by atoms with Gasteiger partial charge < -0.3 is 10.1 Å². The van der Waals surface area contributed by atoms with E-state index < -0.39 is 0 Å². The highest BCUT2D eigenvalue weighted by atomic mass is 32.2. The zero-order valence-corrected chi connectivity index (χ0v) is 9.73. The van der Waals surface area contributed by atoms with Crippen LogP contribution in [0, 0.1) is 0 Å². The standard InChI is InChI=1S/C10H19NO2S/c1-3-11-8-4-5-9(6-8)14-7-10(12)13-2/h8-9,11H,3-7H2,1-2H3. The minimum absolute atomic E-state index is 0.109. The predicted octanol–water partition coefficient (Wildman–Crippen LogP) is 1.42. The van der Waals surface area contributed by atoms with E-state index in [0.29, 0.717) is 17.0 Å². The summed E-state index contributed by atoms with van der Waals surface area (Å²) in [5.41, 5.74) is 0. The normalized spacial score (nSPS) is 26.4. The lowest BCUT2D eigenvalue weighted by Gasteiger charge is -2.10. The van der Waals surface area contributed by atoms with E-state index in [-0.39, 0.29) is 5.97 Å². The number of methoxy groups -OCH3 is 1. The Bertz CT molecular complexity index is 187. The molecule has 2 unspecified atom stereocenters. The molecule has 82 valence electrons. The molecule has 0 aromatic carbocycles. The summed E-state index contributed by atoms with van der Waals surface area (Å²) in [6, 6.07) is 0.662. The molecule has 1 rings (SSSR count). The number of carbonyl (C=O) groups excluding carboxylic acids is 1. The van der Waals surface area contributed by atoms with E-state index in [1.54, 1.807) is 11.8 Å². The minimum Gasteiger partial charge on any atom is -0.468 e. The molecule has 1 saturated carbocycles. The van der Waals surface area contributed by atoms with E-state index in [0.717, 1.165) is 6.54 Å². The molecule has 0 aromatic heterocycles. The molecule has 0 radical (unpaired) electrons. The molecular formula is C10H19NO2S. The van der Waals surface area contributed by atoms with Crippen LogP contribution in [-0.2, 0) is 9.53 Å². The summed E-state index contributed by atoms with van der Waals surface area (Å²) in [5, 5.41) is 4.08. The second-order valence-electron chi connectivity index (χ2n) is 3.58. The van der Waals surface area contributed by atoms with Crippen LogP contribution in [0.25, 0.3) is 0 Å². The van der Waals surface area contributed by atoms with E-state index in [4.69, 9.17) is 0 Å². The van der Waals surface area contributed by atoms with Gasteiger partial charge in [0, 0.05) is 11.3 Å². The number of thioether (sulfide) groups is 1. The van der Waals surface area contributed by atoms with Crippen LogP contribution in [0.2, 0.25) is 0 Å². The highest BCUT2D eigenvalue weighted by molar-refractivity contribution is 8.00. The van der Waals surface area contributed by atoms with Gasteiger partial charge in [0.25, 0.3) is 0 Å². The molecule has 0 saturated heterocycles. The molecule has 2 atom stereocenters. The second-order valence-corrected chi connectivity index (χ2v) is 4.87. The summed E-state index contributed by atoms with van der Waals surface area (Å²) in [6.45, 7) is 3.17. The number of esters is 1. The zero-order chi connectivity index (χ0) is 10.4. The van der Waals surface area contributed by atoms with Crippen LogP contribution in [-0.4, -0.2) is 36.7 Å². The van der Waals surface area contributed by atoms with E-state index >= 15 is 0 Å². The van der Waals surface area contributed by atoms with E-state index in [1.165, 1.54) is 26.4 Å². The maximum Gasteiger partial charge on any atom is 0.315 e. The van der Waals surface area contributed by atoms with Crippen LogP contribution in [0.3, 0.4) is 0 Å². The van der Waals surface area contributed by atoms with Crippen LogP contribution in [0.4, 0.5) is 0 Å². The molecule has 1 aliphatic carbocycles. The lowest BCUT2D eigenvalue weighted by molar-refractivity contribution is -0.137. The average Bonchev–Trinajstić information content (AvgIpc) is 2.63. The van der Waals surface area contributed by atoms with Crippen LogP contribution >= 0.6 is 11.8 Å². The number of nitrogens with one attached hydrogen (secondary N) is 1. The van der Waals surface area contributed by atoms with Crippen molar-refractivity contribution in [3.63, 3.8) is 0 Å². The number of rotatable bonds is 5. The molecular weight excluding hydrogens is 198 g/mol. The van der Waals surface area contributed by atoms with Crippen LogP contribution in [0.15, 0.2) is 0 Å². The van der Waals surface area contributed by atoms with Gasteiger partial charge in [0.2, 0.25) is 0 Å². The van der Waals surface area contributed by atoms with E-state index in [2.05, 4.69) is 17.0 Å². The Labute approximate surface area is 90.0 Å². The van der Waals surface area contributed by atoms with Crippen LogP contribution in [0.1, 0.15) is 26.2 Å². The second kappa shape index (κ2) is 6.30. The van der Waals surface area contributed by atoms with E-state index in [1.807, 2.05) is 0 Å². The van der Waals surface area contributed by atoms with Gasteiger partial charge in [0.15, 0.2) is 0 Å². The Balaban J connectivity index is 2.13. The molecule has 14 heavy (non-hydrogen) atoms. The molecule has 0 bridgehead atoms. The molecule has 3 nitrogen and oxygen atoms in total. The van der Waals surface area contributed by atoms with Crippen molar-refractivity contribution in [1.82, 2.24) is 5.32 Å². The molecule has 0 aliphatic heterocycles. The SMILES string of the molecule is CCNC1CCC(SCC(=O)OC)C1. The van der Waals surface area contributed by atoms with Crippen molar-refractivity contribution in [2.45, 2.75) is 37.5 Å². The summed E-state index contributed by atoms with van der Waals surface area (Å²) in [5.74, 6) is 0.391. The molecule has 4 heteroatoms. The molecule has 1 aliphatic rings. The Morgan fingerprint density at radius 3 is 3.00 bits per heavy atom. The van der Waals surface area contributed by atoms with Crippen molar-refractivity contribution < 1.29 is 9.53 Å². The van der Waals surface area contributed by atoms with Gasteiger partial charge in [0.05, 0.1) is 12.9 Å². The largest absolute Gasteiger partial charge is 0.468 e. The zero-order valence-electron chi connectivity index (χ0n) is 8.91. The molecule has 1 N–H and O–H groups in total. The molecule has 0 amide bonds. The highest BCUT2D eigenvalue weighted by Crippen LogP contribution is 2.29. The van der Waals surface area contributed by atoms with Crippen LogP contribution < -0.4 is 5.32 Å². The van der Waals surface area contributed by atoms with Crippen LogP contribution in [0.5, 0.6) is 0 Å². The van der Waals surface area contributed by atoms with Gasteiger partial charge in [-0.25, -0.2) is 0 Å². The molecule has 1 fully saturated rings. The minimum atomic E-state index is -0.109. The molecule has 0 heterocycles. The van der Waals surface area contributed by atoms with Gasteiger partial charge in [-0.3, -0.25) is 4.79 Å². The smallest absolute Gasteiger partial charge is 0.315 e. The quantitative estimate of drug-likeness (QED) is 0.707. The van der Waals surface area contributed by atoms with Gasteiger partial charge in [-0.1, -0.05) is 6.92 Å². The summed E-state index contributed by atoms with van der Waals surface area (Å²) >= 11 is 1.73. The topological polar surface area (TPSA) is 38.3 Å². The first-order valence-electron chi connectivity index (χ1n) is 5.18. The highest BCUT2D eigenvalue weighted by Gasteiger charge is 2.24. The van der Waals surface area contributed by atoms with Crippen molar-refractivity contribution in [3.8, 4) is 0 Å². The van der Waals surface area contributed by atoms with Crippen molar-refractivity contribution in [2.75, 3.05) is 19.4 Å². The fourth-order valence-electron chi connectivity index (χ4n) is 1.81. The van der Waals surface area contributed by atoms with Gasteiger partial charge in [0.1, 0.15) is 0 Å². The fraction of sp³-hybridized carbons (Fsp3) is 0.900. The van der Waals surface area contributed by atoms with E-state index in [9.17, 15) is 4.79 Å². The van der Waals surface area contributed by atoms with Gasteiger partial charge in [-0.05, 0) is 25.8 Å². The maximum atomic E-state index is 10.9. The third-order valence-electron chi connectivity index (χ3n) is 2.54. The maximum absolute atomic E-state index is 10.9. The third kappa shape index (κ3) is 3.88. The predicted molar refractivity (Wildman–Crippen MR) is 59.6 cm³/mol. The van der Waals surface area contributed by atoms with Crippen molar-refractivity contribution in [1.29, 1.82) is 0 Å². The van der Waals surface area contributed by atoms with Gasteiger partial charge in [-0.15, -0.1) is 11.8 Å². The lowest BCUT2D eigenvalue weighted by atomic mass is 10.2. The Morgan fingerprint density at radius 1 is 1.57 bits per heavy atom. The van der Waals surface area contributed by atoms with Crippen molar-refractivity contribution in [3.05, 3.63) is 0 Å².